The largest absolute Gasteiger partial charge is 0.366 e. The number of anilines is 1. The van der Waals surface area contributed by atoms with Crippen molar-refractivity contribution in [2.24, 2.45) is 5.73 Å². The van der Waals surface area contributed by atoms with E-state index in [1.807, 2.05) is 0 Å². The Hall–Kier alpha value is -2.38. The molecular formula is C12H17N5O3. The third-order valence-corrected chi connectivity index (χ3v) is 3.36. The van der Waals surface area contributed by atoms with Crippen LogP contribution in [0.3, 0.4) is 0 Å². The van der Waals surface area contributed by atoms with E-state index in [2.05, 4.69) is 10.3 Å². The first-order chi connectivity index (χ1) is 9.47. The normalized spacial score (nSPS) is 18.6. The van der Waals surface area contributed by atoms with Gasteiger partial charge in [-0.15, -0.1) is 0 Å². The standard InChI is InChI=1S/C12H17N5O3/c1-8-5-11(14-6-10(8)17(19)20)15-9-3-2-4-16(7-9)12(13)18/h5-6,9H,2-4,7H2,1H3,(H2,13,18)(H,14,15). The maximum absolute atomic E-state index is 11.2. The Bertz CT molecular complexity index is 534. The first kappa shape index (κ1) is 14.0. The van der Waals surface area contributed by atoms with Crippen LogP contribution in [0.5, 0.6) is 0 Å². The number of primary amides is 1. The van der Waals surface area contributed by atoms with E-state index in [-0.39, 0.29) is 11.7 Å². The number of hydrogen-bond donors (Lipinski definition) is 2. The summed E-state index contributed by atoms with van der Waals surface area (Å²) < 4.78 is 0. The van der Waals surface area contributed by atoms with Crippen molar-refractivity contribution in [3.05, 3.63) is 27.9 Å². The second-order valence-electron chi connectivity index (χ2n) is 4.88. The van der Waals surface area contributed by atoms with Crippen molar-refractivity contribution in [1.82, 2.24) is 9.88 Å². The van der Waals surface area contributed by atoms with Gasteiger partial charge >= 0.3 is 6.03 Å². The molecule has 1 atom stereocenters. The molecule has 1 aliphatic rings. The van der Waals surface area contributed by atoms with E-state index in [9.17, 15) is 14.9 Å². The highest BCUT2D eigenvalue weighted by atomic mass is 16.6. The van der Waals surface area contributed by atoms with Gasteiger partial charge in [-0.3, -0.25) is 10.1 Å². The number of nitrogens with one attached hydrogen (secondary N) is 1. The smallest absolute Gasteiger partial charge is 0.314 e. The topological polar surface area (TPSA) is 114 Å². The molecule has 0 radical (unpaired) electrons. The van der Waals surface area contributed by atoms with Gasteiger partial charge in [0, 0.05) is 24.7 Å². The summed E-state index contributed by atoms with van der Waals surface area (Å²) in [7, 11) is 0. The second kappa shape index (κ2) is 5.72. The van der Waals surface area contributed by atoms with Gasteiger partial charge < -0.3 is 16.0 Å². The van der Waals surface area contributed by atoms with E-state index in [1.54, 1.807) is 17.9 Å². The summed E-state index contributed by atoms with van der Waals surface area (Å²) in [6.07, 6.45) is 3.01. The van der Waals surface area contributed by atoms with Crippen LogP contribution in [0.2, 0.25) is 0 Å². The number of nitro groups is 1. The van der Waals surface area contributed by atoms with Crippen LogP contribution < -0.4 is 11.1 Å². The lowest BCUT2D eigenvalue weighted by Crippen LogP contribution is -2.47. The highest BCUT2D eigenvalue weighted by molar-refractivity contribution is 5.72. The van der Waals surface area contributed by atoms with Crippen molar-refractivity contribution in [3.8, 4) is 0 Å². The Kier molecular flexibility index (Phi) is 4.02. The fourth-order valence-corrected chi connectivity index (χ4v) is 2.32. The first-order valence-electron chi connectivity index (χ1n) is 6.39. The number of rotatable bonds is 3. The lowest BCUT2D eigenvalue weighted by atomic mass is 10.1. The number of nitrogens with zero attached hydrogens (tertiary/aromatic N) is 3. The fraction of sp³-hybridized carbons (Fsp3) is 0.500. The predicted molar refractivity (Wildman–Crippen MR) is 73.4 cm³/mol. The Labute approximate surface area is 116 Å². The Morgan fingerprint density at radius 1 is 1.65 bits per heavy atom. The van der Waals surface area contributed by atoms with Crippen LogP contribution in [-0.2, 0) is 0 Å². The molecule has 1 saturated heterocycles. The van der Waals surface area contributed by atoms with Gasteiger partial charge in [0.2, 0.25) is 0 Å². The number of urea groups is 1. The Balaban J connectivity index is 2.04. The van der Waals surface area contributed by atoms with E-state index in [0.29, 0.717) is 24.5 Å². The summed E-state index contributed by atoms with van der Waals surface area (Å²) in [6.45, 7) is 2.86. The van der Waals surface area contributed by atoms with Crippen LogP contribution in [0.4, 0.5) is 16.3 Å². The molecule has 0 aliphatic carbocycles. The highest BCUT2D eigenvalue weighted by Crippen LogP contribution is 2.21. The number of nitrogens with two attached hydrogens (primary N) is 1. The average Bonchev–Trinajstić information content (AvgIpc) is 2.38. The molecule has 1 aliphatic heterocycles. The summed E-state index contributed by atoms with van der Waals surface area (Å²) in [6, 6.07) is 1.27. The molecule has 0 aromatic carbocycles. The molecule has 0 spiro atoms. The molecule has 3 N–H and O–H groups in total. The molecule has 2 rings (SSSR count). The minimum Gasteiger partial charge on any atom is -0.366 e. The van der Waals surface area contributed by atoms with Crippen molar-refractivity contribution >= 4 is 17.5 Å². The molecule has 1 fully saturated rings. The minimum atomic E-state index is -0.457. The molecule has 1 aromatic heterocycles. The molecule has 1 unspecified atom stereocenters. The van der Waals surface area contributed by atoms with E-state index in [1.165, 1.54) is 6.20 Å². The van der Waals surface area contributed by atoms with Gasteiger partial charge in [-0.2, -0.15) is 0 Å². The highest BCUT2D eigenvalue weighted by Gasteiger charge is 2.22. The molecule has 0 bridgehead atoms. The van der Waals surface area contributed by atoms with Crippen LogP contribution in [0.15, 0.2) is 12.3 Å². The average molecular weight is 279 g/mol. The maximum Gasteiger partial charge on any atom is 0.314 e. The molecule has 8 nitrogen and oxygen atoms in total. The third kappa shape index (κ3) is 3.14. The number of aromatic nitrogens is 1. The van der Waals surface area contributed by atoms with E-state index in [4.69, 9.17) is 5.73 Å². The van der Waals surface area contributed by atoms with Crippen LogP contribution >= 0.6 is 0 Å². The van der Waals surface area contributed by atoms with Gasteiger partial charge in [0.1, 0.15) is 12.0 Å². The summed E-state index contributed by atoms with van der Waals surface area (Å²) >= 11 is 0. The van der Waals surface area contributed by atoms with E-state index < -0.39 is 11.0 Å². The first-order valence-corrected chi connectivity index (χ1v) is 6.39. The quantitative estimate of drug-likeness (QED) is 0.638. The van der Waals surface area contributed by atoms with Crippen LogP contribution in [0, 0.1) is 17.0 Å². The van der Waals surface area contributed by atoms with Gasteiger partial charge in [0.15, 0.2) is 0 Å². The molecule has 2 amide bonds. The summed E-state index contributed by atoms with van der Waals surface area (Å²) in [5.41, 5.74) is 5.82. The zero-order valence-corrected chi connectivity index (χ0v) is 11.2. The lowest BCUT2D eigenvalue weighted by molar-refractivity contribution is -0.385. The number of piperidine rings is 1. The maximum atomic E-state index is 11.2. The predicted octanol–water partition coefficient (Wildman–Crippen LogP) is 1.25. The van der Waals surface area contributed by atoms with Gasteiger partial charge in [0.05, 0.1) is 4.92 Å². The lowest BCUT2D eigenvalue weighted by Gasteiger charge is -2.32. The zero-order valence-electron chi connectivity index (χ0n) is 11.2. The molecule has 0 saturated carbocycles. The van der Waals surface area contributed by atoms with Crippen LogP contribution in [0.1, 0.15) is 18.4 Å². The molecule has 1 aromatic rings. The van der Waals surface area contributed by atoms with Gasteiger partial charge in [-0.25, -0.2) is 9.78 Å². The second-order valence-corrected chi connectivity index (χ2v) is 4.88. The summed E-state index contributed by atoms with van der Waals surface area (Å²) in [5.74, 6) is 0.574. The Morgan fingerprint density at radius 2 is 2.40 bits per heavy atom. The minimum absolute atomic E-state index is 0.00189. The van der Waals surface area contributed by atoms with Crippen LogP contribution in [0.25, 0.3) is 0 Å². The number of pyridine rings is 1. The monoisotopic (exact) mass is 279 g/mol. The number of aryl methyl sites for hydroxylation is 1. The molecule has 108 valence electrons. The van der Waals surface area contributed by atoms with Gasteiger partial charge in [-0.05, 0) is 25.8 Å². The van der Waals surface area contributed by atoms with Crippen LogP contribution in [-0.4, -0.2) is 40.0 Å². The zero-order chi connectivity index (χ0) is 14.7. The number of hydrogen-bond acceptors (Lipinski definition) is 5. The molecule has 2 heterocycles. The number of carbonyl (C=O) groups excluding carboxylic acids is 1. The fourth-order valence-electron chi connectivity index (χ4n) is 2.32. The molecular weight excluding hydrogens is 262 g/mol. The van der Waals surface area contributed by atoms with Gasteiger partial charge in [-0.1, -0.05) is 0 Å². The number of carbonyl (C=O) groups is 1. The van der Waals surface area contributed by atoms with Crippen molar-refractivity contribution < 1.29 is 9.72 Å². The third-order valence-electron chi connectivity index (χ3n) is 3.36. The van der Waals surface area contributed by atoms with E-state index in [0.717, 1.165) is 12.8 Å². The number of likely N-dealkylation sites (tertiary alicyclic amines) is 1. The van der Waals surface area contributed by atoms with Gasteiger partial charge in [0.25, 0.3) is 5.69 Å². The Morgan fingerprint density at radius 3 is 3.00 bits per heavy atom. The van der Waals surface area contributed by atoms with Crippen molar-refractivity contribution in [2.75, 3.05) is 18.4 Å². The summed E-state index contributed by atoms with van der Waals surface area (Å²) in [5, 5.41) is 13.9. The molecule has 20 heavy (non-hydrogen) atoms. The van der Waals surface area contributed by atoms with E-state index >= 15 is 0 Å². The van der Waals surface area contributed by atoms with Crippen molar-refractivity contribution in [2.45, 2.75) is 25.8 Å². The SMILES string of the molecule is Cc1cc(NC2CCCN(C(N)=O)C2)ncc1[N+](=O)[O-]. The molecule has 8 heteroatoms. The van der Waals surface area contributed by atoms with Crippen molar-refractivity contribution in [3.63, 3.8) is 0 Å². The number of amides is 2. The summed E-state index contributed by atoms with van der Waals surface area (Å²) in [4.78, 5) is 27.0. The van der Waals surface area contributed by atoms with Crippen molar-refractivity contribution in [1.29, 1.82) is 0 Å².